The van der Waals surface area contributed by atoms with Gasteiger partial charge in [-0.05, 0) is 49.9 Å². The minimum absolute atomic E-state index is 0.0320. The minimum Gasteiger partial charge on any atom is -0.376 e. The highest BCUT2D eigenvalue weighted by Crippen LogP contribution is 2.36. The Kier molecular flexibility index (Phi) is 7.19. The molecule has 7 nitrogen and oxygen atoms in total. The van der Waals surface area contributed by atoms with Crippen LogP contribution in [0.15, 0.2) is 34.5 Å². The van der Waals surface area contributed by atoms with Crippen molar-refractivity contribution >= 4 is 77.2 Å². The zero-order chi connectivity index (χ0) is 23.9. The van der Waals surface area contributed by atoms with E-state index in [0.717, 1.165) is 28.9 Å². The van der Waals surface area contributed by atoms with E-state index in [4.69, 9.17) is 27.9 Å². The maximum atomic E-state index is 13.7. The van der Waals surface area contributed by atoms with Crippen LogP contribution in [0.2, 0.25) is 9.36 Å². The third-order valence-electron chi connectivity index (χ3n) is 6.21. The molecule has 0 radical (unpaired) electrons. The van der Waals surface area contributed by atoms with Crippen molar-refractivity contribution in [2.24, 2.45) is 5.92 Å². The number of ether oxygens (including phenoxy) is 1. The van der Waals surface area contributed by atoms with E-state index in [9.17, 15) is 13.2 Å². The fraction of sp³-hybridized carbons (Fsp3) is 0.455. The van der Waals surface area contributed by atoms with Gasteiger partial charge in [0.1, 0.15) is 9.73 Å². The molecule has 1 aromatic carbocycles. The molecule has 2 fully saturated rings. The number of thiazole rings is 1. The fourth-order valence-electron chi connectivity index (χ4n) is 4.40. The summed E-state index contributed by atoms with van der Waals surface area (Å²) < 4.78 is 34.7. The number of thiophene rings is 1. The second-order valence-electron chi connectivity index (χ2n) is 8.40. The average molecular weight is 561 g/mol. The molecule has 3 aromatic rings. The van der Waals surface area contributed by atoms with E-state index in [1.54, 1.807) is 17.0 Å². The van der Waals surface area contributed by atoms with E-state index in [1.165, 1.54) is 21.7 Å². The molecule has 0 aliphatic carbocycles. The minimum atomic E-state index is -3.61. The number of amides is 1. The lowest BCUT2D eigenvalue weighted by Crippen LogP contribution is -2.46. The van der Waals surface area contributed by atoms with Crippen molar-refractivity contribution in [3.8, 4) is 0 Å². The molecule has 0 saturated carbocycles. The molecule has 182 valence electrons. The van der Waals surface area contributed by atoms with Crippen molar-refractivity contribution in [1.29, 1.82) is 0 Å². The zero-order valence-corrected chi connectivity index (χ0v) is 22.1. The summed E-state index contributed by atoms with van der Waals surface area (Å²) in [4.78, 5) is 20.1. The van der Waals surface area contributed by atoms with Crippen molar-refractivity contribution in [2.45, 2.75) is 36.0 Å². The smallest absolute Gasteiger partial charge is 0.252 e. The molecule has 1 amide bonds. The van der Waals surface area contributed by atoms with Gasteiger partial charge in [0, 0.05) is 25.6 Å². The normalized spacial score (nSPS) is 20.2. The number of nitrogens with zero attached hydrogens (tertiary/aromatic N) is 3. The Morgan fingerprint density at radius 1 is 1.15 bits per heavy atom. The third-order valence-corrected chi connectivity index (χ3v) is 11.2. The molecule has 5 rings (SSSR count). The summed E-state index contributed by atoms with van der Waals surface area (Å²) in [6.07, 6.45) is 2.74. The molecular weight excluding hydrogens is 537 g/mol. The average Bonchev–Trinajstić information content (AvgIpc) is 3.58. The standard InChI is InChI=1S/C22H23Cl2N3O4S3/c23-16-4-1-5-17-20(16)25-22(32-17)27(13-15-3-2-12-31-15)21(28)14-8-10-26(11-9-14)34(29,30)19-7-6-18(24)33-19/h1,4-7,14-15H,2-3,8-13H2. The van der Waals surface area contributed by atoms with E-state index in [-0.39, 0.29) is 35.2 Å². The van der Waals surface area contributed by atoms with Gasteiger partial charge in [-0.1, -0.05) is 40.6 Å². The maximum absolute atomic E-state index is 13.7. The van der Waals surface area contributed by atoms with Crippen molar-refractivity contribution in [3.63, 3.8) is 0 Å². The molecule has 0 spiro atoms. The molecule has 34 heavy (non-hydrogen) atoms. The SMILES string of the molecule is O=C(C1CCN(S(=O)(=O)c2ccc(Cl)s2)CC1)N(CC1CCCO1)c1nc2c(Cl)cccc2s1. The van der Waals surface area contributed by atoms with Crippen LogP contribution >= 0.6 is 45.9 Å². The largest absolute Gasteiger partial charge is 0.376 e. The van der Waals surface area contributed by atoms with Gasteiger partial charge in [-0.25, -0.2) is 13.4 Å². The number of hydrogen-bond acceptors (Lipinski definition) is 7. The first kappa shape index (κ1) is 24.4. The molecule has 0 bridgehead atoms. The van der Waals surface area contributed by atoms with Gasteiger partial charge in [-0.3, -0.25) is 9.69 Å². The second-order valence-corrected chi connectivity index (χ2v) is 13.7. The summed E-state index contributed by atoms with van der Waals surface area (Å²) in [7, 11) is -3.61. The number of halogens is 2. The Labute approximate surface area is 216 Å². The highest BCUT2D eigenvalue weighted by atomic mass is 35.5. The number of carbonyl (C=O) groups excluding carboxylic acids is 1. The van der Waals surface area contributed by atoms with E-state index in [1.807, 2.05) is 12.1 Å². The molecule has 1 atom stereocenters. The number of piperidine rings is 1. The van der Waals surface area contributed by atoms with Gasteiger partial charge in [0.05, 0.1) is 26.7 Å². The number of carbonyl (C=O) groups is 1. The van der Waals surface area contributed by atoms with Crippen LogP contribution in [0.4, 0.5) is 5.13 Å². The molecule has 12 heteroatoms. The van der Waals surface area contributed by atoms with Crippen LogP contribution < -0.4 is 4.90 Å². The highest BCUT2D eigenvalue weighted by Gasteiger charge is 2.36. The summed E-state index contributed by atoms with van der Waals surface area (Å²) in [5, 5.41) is 1.16. The quantitative estimate of drug-likeness (QED) is 0.410. The highest BCUT2D eigenvalue weighted by molar-refractivity contribution is 7.91. The topological polar surface area (TPSA) is 79.8 Å². The Morgan fingerprint density at radius 3 is 2.59 bits per heavy atom. The molecule has 2 saturated heterocycles. The first-order valence-electron chi connectivity index (χ1n) is 11.1. The van der Waals surface area contributed by atoms with Crippen molar-refractivity contribution in [1.82, 2.24) is 9.29 Å². The van der Waals surface area contributed by atoms with Crippen LogP contribution in [0.5, 0.6) is 0 Å². The molecule has 0 N–H and O–H groups in total. The Hall–Kier alpha value is -1.27. The van der Waals surface area contributed by atoms with Gasteiger partial charge >= 0.3 is 0 Å². The summed E-state index contributed by atoms with van der Waals surface area (Å²) >= 11 is 14.7. The predicted molar refractivity (Wildman–Crippen MR) is 137 cm³/mol. The summed E-state index contributed by atoms with van der Waals surface area (Å²) in [5.41, 5.74) is 0.685. The van der Waals surface area contributed by atoms with Crippen LogP contribution in [-0.4, -0.2) is 56.0 Å². The van der Waals surface area contributed by atoms with Gasteiger partial charge in [0.15, 0.2) is 5.13 Å². The summed E-state index contributed by atoms with van der Waals surface area (Å²) in [5.74, 6) is -0.329. The monoisotopic (exact) mass is 559 g/mol. The Balaban J connectivity index is 1.35. The van der Waals surface area contributed by atoms with Crippen LogP contribution in [0.25, 0.3) is 10.2 Å². The number of hydrogen-bond donors (Lipinski definition) is 0. The van der Waals surface area contributed by atoms with Crippen LogP contribution in [-0.2, 0) is 19.6 Å². The number of rotatable bonds is 6. The lowest BCUT2D eigenvalue weighted by Gasteiger charge is -2.33. The van der Waals surface area contributed by atoms with E-state index in [0.29, 0.717) is 46.0 Å². The van der Waals surface area contributed by atoms with Gasteiger partial charge in [-0.2, -0.15) is 4.31 Å². The van der Waals surface area contributed by atoms with Crippen molar-refractivity contribution in [2.75, 3.05) is 31.1 Å². The zero-order valence-electron chi connectivity index (χ0n) is 18.2. The Morgan fingerprint density at radius 2 is 1.94 bits per heavy atom. The first-order valence-corrected chi connectivity index (χ1v) is 14.9. The second kappa shape index (κ2) is 10.0. The van der Waals surface area contributed by atoms with Crippen molar-refractivity contribution in [3.05, 3.63) is 39.7 Å². The molecule has 1 unspecified atom stereocenters. The third kappa shape index (κ3) is 4.86. The molecule has 2 aliphatic heterocycles. The predicted octanol–water partition coefficient (Wildman–Crippen LogP) is 5.28. The number of para-hydroxylation sites is 1. The van der Waals surface area contributed by atoms with Gasteiger partial charge in [-0.15, -0.1) is 11.3 Å². The molecule has 2 aromatic heterocycles. The lowest BCUT2D eigenvalue weighted by atomic mass is 9.96. The van der Waals surface area contributed by atoms with Crippen LogP contribution in [0.3, 0.4) is 0 Å². The van der Waals surface area contributed by atoms with Gasteiger partial charge in [0.2, 0.25) is 5.91 Å². The Bertz CT molecular complexity index is 1300. The number of anilines is 1. The molecular formula is C22H23Cl2N3O4S3. The lowest BCUT2D eigenvalue weighted by molar-refractivity contribution is -0.123. The number of fused-ring (bicyclic) bond motifs is 1. The summed E-state index contributed by atoms with van der Waals surface area (Å²) in [6.45, 7) is 1.70. The van der Waals surface area contributed by atoms with Gasteiger partial charge < -0.3 is 4.74 Å². The van der Waals surface area contributed by atoms with Crippen LogP contribution in [0.1, 0.15) is 25.7 Å². The molecule has 2 aliphatic rings. The van der Waals surface area contributed by atoms with E-state index >= 15 is 0 Å². The summed E-state index contributed by atoms with van der Waals surface area (Å²) in [6, 6.07) is 8.72. The van der Waals surface area contributed by atoms with E-state index < -0.39 is 10.0 Å². The van der Waals surface area contributed by atoms with E-state index in [2.05, 4.69) is 4.98 Å². The number of benzene rings is 1. The fourth-order valence-corrected chi connectivity index (χ4v) is 8.79. The van der Waals surface area contributed by atoms with Gasteiger partial charge in [0.25, 0.3) is 10.0 Å². The number of aromatic nitrogens is 1. The molecule has 4 heterocycles. The van der Waals surface area contributed by atoms with Crippen LogP contribution in [0, 0.1) is 5.92 Å². The number of sulfonamides is 1. The first-order chi connectivity index (χ1) is 16.3. The maximum Gasteiger partial charge on any atom is 0.252 e. The van der Waals surface area contributed by atoms with Crippen molar-refractivity contribution < 1.29 is 17.9 Å².